The lowest BCUT2D eigenvalue weighted by Crippen LogP contribution is -2.44. The number of aromatic nitrogens is 2. The van der Waals surface area contributed by atoms with Crippen LogP contribution in [-0.4, -0.2) is 45.6 Å². The van der Waals surface area contributed by atoms with E-state index in [1.165, 1.54) is 6.92 Å². The van der Waals surface area contributed by atoms with E-state index in [0.29, 0.717) is 11.3 Å². The molecule has 2 aromatic carbocycles. The molecule has 174 valence electrons. The van der Waals surface area contributed by atoms with Crippen molar-refractivity contribution in [2.75, 3.05) is 13.2 Å². The molecule has 0 radical (unpaired) electrons. The SMILES string of the molecule is CC(=O)OCCN1C(=O)C(=Cc2cn(-c3ccccc3)nc2-c2ccccc2)C(C)=C(C#N)C1=O. The van der Waals surface area contributed by atoms with Gasteiger partial charge in [0.15, 0.2) is 0 Å². The quantitative estimate of drug-likeness (QED) is 0.312. The molecule has 0 bridgehead atoms. The molecular weight excluding hydrogens is 444 g/mol. The monoisotopic (exact) mass is 466 g/mol. The number of hydrogen-bond donors (Lipinski definition) is 0. The number of para-hydroxylation sites is 1. The molecule has 2 amide bonds. The van der Waals surface area contributed by atoms with Crippen LogP contribution in [0.4, 0.5) is 0 Å². The Hall–Kier alpha value is -4.77. The maximum atomic E-state index is 13.3. The Labute approximate surface area is 202 Å². The van der Waals surface area contributed by atoms with Crippen molar-refractivity contribution in [1.29, 1.82) is 5.26 Å². The second-order valence-corrected chi connectivity index (χ2v) is 7.85. The summed E-state index contributed by atoms with van der Waals surface area (Å²) in [5.41, 5.74) is 3.34. The van der Waals surface area contributed by atoms with Crippen LogP contribution in [0.15, 0.2) is 83.6 Å². The van der Waals surface area contributed by atoms with E-state index in [1.54, 1.807) is 23.9 Å². The zero-order valence-electron chi connectivity index (χ0n) is 19.3. The van der Waals surface area contributed by atoms with E-state index in [1.807, 2.05) is 66.7 Å². The molecule has 1 aliphatic rings. The maximum Gasteiger partial charge on any atom is 0.302 e. The summed E-state index contributed by atoms with van der Waals surface area (Å²) in [5.74, 6) is -1.79. The van der Waals surface area contributed by atoms with Crippen molar-refractivity contribution in [2.45, 2.75) is 13.8 Å². The number of nitrogens with zero attached hydrogens (tertiary/aromatic N) is 4. The summed E-state index contributed by atoms with van der Waals surface area (Å²) < 4.78 is 6.62. The number of carbonyl (C=O) groups is 3. The van der Waals surface area contributed by atoms with Gasteiger partial charge in [-0.2, -0.15) is 10.4 Å². The predicted molar refractivity (Wildman–Crippen MR) is 129 cm³/mol. The molecule has 8 heteroatoms. The lowest BCUT2D eigenvalue weighted by Gasteiger charge is -2.27. The van der Waals surface area contributed by atoms with Gasteiger partial charge < -0.3 is 4.74 Å². The number of esters is 1. The van der Waals surface area contributed by atoms with E-state index in [0.717, 1.165) is 16.2 Å². The summed E-state index contributed by atoms with van der Waals surface area (Å²) in [4.78, 5) is 38.2. The highest BCUT2D eigenvalue weighted by molar-refractivity contribution is 6.19. The summed E-state index contributed by atoms with van der Waals surface area (Å²) >= 11 is 0. The molecule has 0 saturated carbocycles. The molecule has 0 unspecified atom stereocenters. The molecule has 1 aliphatic heterocycles. The Morgan fingerprint density at radius 1 is 1.06 bits per heavy atom. The Balaban J connectivity index is 1.83. The van der Waals surface area contributed by atoms with E-state index >= 15 is 0 Å². The standard InChI is InChI=1S/C27H22N4O4/c1-18-23(26(33)30(13-14-35-19(2)32)27(34)24(18)16-28)15-21-17-31(22-11-7-4-8-12-22)29-25(21)20-9-5-3-6-10-20/h3-12,15,17H,13-14H2,1-2H3. The van der Waals surface area contributed by atoms with Crippen molar-refractivity contribution in [1.82, 2.24) is 14.7 Å². The van der Waals surface area contributed by atoms with Gasteiger partial charge in [0.1, 0.15) is 18.2 Å². The van der Waals surface area contributed by atoms with Gasteiger partial charge in [0.2, 0.25) is 0 Å². The fourth-order valence-corrected chi connectivity index (χ4v) is 3.80. The molecular formula is C27H22N4O4. The number of rotatable bonds is 6. The van der Waals surface area contributed by atoms with Crippen LogP contribution in [0.1, 0.15) is 19.4 Å². The number of benzene rings is 2. The van der Waals surface area contributed by atoms with E-state index in [4.69, 9.17) is 9.84 Å². The average Bonchev–Trinajstić information content (AvgIpc) is 3.29. The van der Waals surface area contributed by atoms with Gasteiger partial charge in [0.25, 0.3) is 11.8 Å². The van der Waals surface area contributed by atoms with Crippen molar-refractivity contribution < 1.29 is 19.1 Å². The summed E-state index contributed by atoms with van der Waals surface area (Å²) in [6.07, 6.45) is 3.45. The van der Waals surface area contributed by atoms with E-state index < -0.39 is 17.8 Å². The first-order valence-electron chi connectivity index (χ1n) is 10.9. The van der Waals surface area contributed by atoms with Crippen LogP contribution in [0, 0.1) is 11.3 Å². The van der Waals surface area contributed by atoms with Gasteiger partial charge in [-0.25, -0.2) is 4.68 Å². The number of ether oxygens (including phenoxy) is 1. The number of amides is 2. The first-order chi connectivity index (χ1) is 16.9. The van der Waals surface area contributed by atoms with Crippen LogP contribution in [0.25, 0.3) is 23.0 Å². The molecule has 8 nitrogen and oxygen atoms in total. The molecule has 0 fully saturated rings. The van der Waals surface area contributed by atoms with Crippen LogP contribution >= 0.6 is 0 Å². The van der Waals surface area contributed by atoms with Gasteiger partial charge in [-0.3, -0.25) is 19.3 Å². The molecule has 0 atom stereocenters. The third kappa shape index (κ3) is 4.80. The lowest BCUT2D eigenvalue weighted by atomic mass is 9.93. The largest absolute Gasteiger partial charge is 0.464 e. The van der Waals surface area contributed by atoms with Gasteiger partial charge in [-0.1, -0.05) is 48.5 Å². The average molecular weight is 466 g/mol. The highest BCUT2D eigenvalue weighted by Gasteiger charge is 2.35. The first kappa shape index (κ1) is 23.4. The van der Waals surface area contributed by atoms with Gasteiger partial charge >= 0.3 is 5.97 Å². The third-order valence-electron chi connectivity index (χ3n) is 5.56. The van der Waals surface area contributed by atoms with Crippen LogP contribution in [0.3, 0.4) is 0 Å². The van der Waals surface area contributed by atoms with E-state index in [9.17, 15) is 19.6 Å². The van der Waals surface area contributed by atoms with E-state index in [-0.39, 0.29) is 29.9 Å². The molecule has 0 spiro atoms. The number of carbonyl (C=O) groups excluding carboxylic acids is 3. The van der Waals surface area contributed by atoms with Crippen LogP contribution < -0.4 is 0 Å². The van der Waals surface area contributed by atoms with E-state index in [2.05, 4.69) is 0 Å². The van der Waals surface area contributed by atoms with Crippen molar-refractivity contribution in [2.24, 2.45) is 0 Å². The normalized spacial score (nSPS) is 14.9. The lowest BCUT2D eigenvalue weighted by molar-refractivity contribution is -0.147. The Morgan fingerprint density at radius 2 is 1.71 bits per heavy atom. The van der Waals surface area contributed by atoms with Gasteiger partial charge in [-0.15, -0.1) is 0 Å². The summed E-state index contributed by atoms with van der Waals surface area (Å²) in [5, 5.41) is 14.4. The zero-order valence-corrected chi connectivity index (χ0v) is 19.3. The van der Waals surface area contributed by atoms with Crippen molar-refractivity contribution in [3.8, 4) is 23.0 Å². The minimum Gasteiger partial charge on any atom is -0.464 e. The minimum atomic E-state index is -0.706. The third-order valence-corrected chi connectivity index (χ3v) is 5.56. The van der Waals surface area contributed by atoms with Crippen molar-refractivity contribution in [3.63, 3.8) is 0 Å². The van der Waals surface area contributed by atoms with Gasteiger partial charge in [0, 0.05) is 29.8 Å². The van der Waals surface area contributed by atoms with Gasteiger partial charge in [0.05, 0.1) is 17.9 Å². The van der Waals surface area contributed by atoms with Gasteiger partial charge in [-0.05, 0) is 30.7 Å². The molecule has 0 N–H and O–H groups in total. The molecule has 4 rings (SSSR count). The van der Waals surface area contributed by atoms with Crippen molar-refractivity contribution in [3.05, 3.63) is 89.1 Å². The Kier molecular flexibility index (Phi) is 6.69. The molecule has 35 heavy (non-hydrogen) atoms. The fraction of sp³-hybridized carbons (Fsp3) is 0.148. The highest BCUT2D eigenvalue weighted by atomic mass is 16.5. The summed E-state index contributed by atoms with van der Waals surface area (Å²) in [6, 6.07) is 21.0. The number of nitriles is 1. The first-order valence-corrected chi connectivity index (χ1v) is 10.9. The minimum absolute atomic E-state index is 0.129. The zero-order chi connectivity index (χ0) is 24.9. The molecule has 1 aromatic heterocycles. The molecule has 0 saturated heterocycles. The second kappa shape index (κ2) is 10.0. The predicted octanol–water partition coefficient (Wildman–Crippen LogP) is 3.69. The van der Waals surface area contributed by atoms with Crippen LogP contribution in [0.2, 0.25) is 0 Å². The summed E-state index contributed by atoms with van der Waals surface area (Å²) in [7, 11) is 0. The smallest absolute Gasteiger partial charge is 0.302 e. The van der Waals surface area contributed by atoms with Crippen LogP contribution in [-0.2, 0) is 19.1 Å². The second-order valence-electron chi connectivity index (χ2n) is 7.85. The Morgan fingerprint density at radius 3 is 2.34 bits per heavy atom. The maximum absolute atomic E-state index is 13.3. The molecule has 2 heterocycles. The fourth-order valence-electron chi connectivity index (χ4n) is 3.80. The highest BCUT2D eigenvalue weighted by Crippen LogP contribution is 2.31. The molecule has 0 aliphatic carbocycles. The number of imide groups is 1. The topological polar surface area (TPSA) is 105 Å². The van der Waals surface area contributed by atoms with Crippen LogP contribution in [0.5, 0.6) is 0 Å². The molecule has 3 aromatic rings. The van der Waals surface area contributed by atoms with Crippen molar-refractivity contribution >= 4 is 23.9 Å². The Bertz CT molecular complexity index is 1400. The number of hydrogen-bond acceptors (Lipinski definition) is 6. The summed E-state index contributed by atoms with van der Waals surface area (Å²) in [6.45, 7) is 2.51.